The molecular formula is C49H52N8O3. The molecule has 2 aromatic carbocycles. The molecule has 60 heavy (non-hydrogen) atoms. The largest absolute Gasteiger partial charge is 0.385 e. The number of ether oxygens (including phenoxy) is 1. The minimum absolute atomic E-state index is 0.0827. The average Bonchev–Trinajstić information content (AvgIpc) is 3.24. The third kappa shape index (κ3) is 9.54. The van der Waals surface area contributed by atoms with Crippen LogP contribution in [0, 0.1) is 13.8 Å². The summed E-state index contributed by atoms with van der Waals surface area (Å²) in [6.07, 6.45) is 12.7. The standard InChI is InChI=1S/C25H26N4O2.C24H26N4O/c1-4-9-19(5-2)27-23-17-22(30)24-21(28-12-14-31-15-13-28)16-18(3)26-25(24)29(23)20-10-7-6-8-11-20;1-5-11-19(12-6-2)28-22(27-18-13-9-8-10-14-18)16-21(29)23-20(25-7-3)15-17(4)26-24(23)28/h4-11,16-17,27H,1-2,12-15H2,3H3;5-6,8-16,27H,1,7H2,2-4H3,(H,25,26)/b19-9+;12-6-,19-11+. The molecule has 1 saturated heterocycles. The van der Waals surface area contributed by atoms with Gasteiger partial charge in [-0.1, -0.05) is 74.4 Å². The highest BCUT2D eigenvalue weighted by molar-refractivity contribution is 5.94. The molecule has 0 amide bonds. The molecule has 0 spiro atoms. The van der Waals surface area contributed by atoms with Crippen LogP contribution in [0.3, 0.4) is 0 Å². The first kappa shape index (κ1) is 42.4. The molecule has 7 rings (SSSR count). The highest BCUT2D eigenvalue weighted by Crippen LogP contribution is 2.31. The van der Waals surface area contributed by atoms with E-state index in [1.54, 1.807) is 36.4 Å². The summed E-state index contributed by atoms with van der Waals surface area (Å²) in [4.78, 5) is 38.2. The number of nitrogens with zero attached hydrogens (tertiary/aromatic N) is 5. The number of fused-ring (bicyclic) bond motifs is 2. The van der Waals surface area contributed by atoms with E-state index in [-0.39, 0.29) is 10.9 Å². The van der Waals surface area contributed by atoms with Crippen LogP contribution in [0.1, 0.15) is 25.2 Å². The summed E-state index contributed by atoms with van der Waals surface area (Å²) in [5.41, 5.74) is 7.79. The number of para-hydroxylation sites is 2. The second kappa shape index (κ2) is 20.0. The molecule has 306 valence electrons. The molecule has 11 heteroatoms. The summed E-state index contributed by atoms with van der Waals surface area (Å²) in [5.74, 6) is 1.25. The predicted octanol–water partition coefficient (Wildman–Crippen LogP) is 9.68. The number of aromatic nitrogens is 4. The van der Waals surface area contributed by atoms with E-state index in [4.69, 9.17) is 14.7 Å². The van der Waals surface area contributed by atoms with Crippen molar-refractivity contribution in [2.75, 3.05) is 53.7 Å². The fraction of sp³-hybridized carbons (Fsp3) is 0.184. The Hall–Kier alpha value is -7.24. The molecule has 0 radical (unpaired) electrons. The molecule has 3 N–H and O–H groups in total. The van der Waals surface area contributed by atoms with E-state index in [0.717, 1.165) is 58.6 Å². The fourth-order valence-corrected chi connectivity index (χ4v) is 7.12. The molecule has 0 aliphatic carbocycles. The summed E-state index contributed by atoms with van der Waals surface area (Å²) in [6.45, 7) is 22.8. The van der Waals surface area contributed by atoms with Crippen LogP contribution >= 0.6 is 0 Å². The molecule has 1 aliphatic rings. The monoisotopic (exact) mass is 800 g/mol. The SMILES string of the molecule is C=C/C=C(\C=C)Nc1cc(=O)c2c(N3CCOCC3)cc(C)nc2n1-c1ccccc1.C=C/C=C(\C=C/C)n1c(Nc2ccccc2)cc(=O)c2c(NCC)cc(C)nc21. The van der Waals surface area contributed by atoms with Crippen molar-refractivity contribution in [1.82, 2.24) is 19.1 Å². The maximum atomic E-state index is 13.4. The first-order valence-electron chi connectivity index (χ1n) is 20.0. The van der Waals surface area contributed by atoms with E-state index < -0.39 is 0 Å². The zero-order chi connectivity index (χ0) is 42.6. The van der Waals surface area contributed by atoms with Crippen molar-refractivity contribution in [3.8, 4) is 5.69 Å². The van der Waals surface area contributed by atoms with Crippen molar-refractivity contribution in [2.45, 2.75) is 27.7 Å². The number of anilines is 5. The van der Waals surface area contributed by atoms with Crippen LogP contribution in [0.5, 0.6) is 0 Å². The number of allylic oxidation sites excluding steroid dienone is 8. The highest BCUT2D eigenvalue weighted by Gasteiger charge is 2.21. The predicted molar refractivity (Wildman–Crippen MR) is 251 cm³/mol. The van der Waals surface area contributed by atoms with Crippen molar-refractivity contribution in [3.05, 3.63) is 185 Å². The van der Waals surface area contributed by atoms with Gasteiger partial charge >= 0.3 is 0 Å². The number of rotatable bonds is 13. The van der Waals surface area contributed by atoms with E-state index >= 15 is 0 Å². The van der Waals surface area contributed by atoms with Crippen LogP contribution in [0.25, 0.3) is 33.5 Å². The van der Waals surface area contributed by atoms with Gasteiger partial charge in [0.25, 0.3) is 0 Å². The molecule has 0 saturated carbocycles. The molecule has 6 aromatic rings. The number of morpholine rings is 1. The van der Waals surface area contributed by atoms with Crippen LogP contribution in [0.2, 0.25) is 0 Å². The van der Waals surface area contributed by atoms with Gasteiger partial charge in [-0.25, -0.2) is 9.97 Å². The van der Waals surface area contributed by atoms with Crippen LogP contribution in [-0.4, -0.2) is 52.0 Å². The van der Waals surface area contributed by atoms with Crippen LogP contribution < -0.4 is 31.7 Å². The Morgan fingerprint density at radius 2 is 1.43 bits per heavy atom. The van der Waals surface area contributed by atoms with Gasteiger partial charge in [0.2, 0.25) is 0 Å². The van der Waals surface area contributed by atoms with E-state index in [0.29, 0.717) is 53.5 Å². The second-order valence-corrected chi connectivity index (χ2v) is 13.9. The number of pyridine rings is 4. The molecular weight excluding hydrogens is 749 g/mol. The lowest BCUT2D eigenvalue weighted by Crippen LogP contribution is -2.37. The Morgan fingerprint density at radius 1 is 0.800 bits per heavy atom. The Balaban J connectivity index is 0.000000202. The van der Waals surface area contributed by atoms with Gasteiger partial charge in [0.1, 0.15) is 11.6 Å². The van der Waals surface area contributed by atoms with Crippen molar-refractivity contribution < 1.29 is 4.74 Å². The summed E-state index contributed by atoms with van der Waals surface area (Å²) in [6, 6.07) is 26.8. The maximum Gasteiger partial charge on any atom is 0.195 e. The number of hydrogen-bond donors (Lipinski definition) is 3. The molecule has 1 fully saturated rings. The summed E-state index contributed by atoms with van der Waals surface area (Å²) in [7, 11) is 0. The molecule has 0 unspecified atom stereocenters. The zero-order valence-electron chi connectivity index (χ0n) is 34.7. The van der Waals surface area contributed by atoms with Gasteiger partial charge in [-0.05, 0) is 88.4 Å². The minimum Gasteiger partial charge on any atom is -0.385 e. The molecule has 0 atom stereocenters. The number of benzene rings is 2. The Morgan fingerprint density at radius 3 is 2.08 bits per heavy atom. The van der Waals surface area contributed by atoms with Gasteiger partial charge in [-0.2, -0.15) is 0 Å². The lowest BCUT2D eigenvalue weighted by molar-refractivity contribution is 0.123. The third-order valence-corrected chi connectivity index (χ3v) is 9.62. The normalized spacial score (nSPS) is 13.2. The summed E-state index contributed by atoms with van der Waals surface area (Å²) >= 11 is 0. The van der Waals surface area contributed by atoms with Crippen molar-refractivity contribution in [1.29, 1.82) is 0 Å². The molecule has 4 aromatic heterocycles. The lowest BCUT2D eigenvalue weighted by atomic mass is 10.1. The van der Waals surface area contributed by atoms with E-state index in [9.17, 15) is 9.59 Å². The van der Waals surface area contributed by atoms with Crippen molar-refractivity contribution >= 4 is 56.5 Å². The fourth-order valence-electron chi connectivity index (χ4n) is 7.12. The van der Waals surface area contributed by atoms with Gasteiger partial charge < -0.3 is 25.6 Å². The maximum absolute atomic E-state index is 13.4. The lowest BCUT2D eigenvalue weighted by Gasteiger charge is -2.30. The van der Waals surface area contributed by atoms with Crippen LogP contribution in [-0.2, 0) is 4.74 Å². The summed E-state index contributed by atoms with van der Waals surface area (Å²) < 4.78 is 9.45. The van der Waals surface area contributed by atoms with Crippen LogP contribution in [0.4, 0.5) is 28.7 Å². The second-order valence-electron chi connectivity index (χ2n) is 13.9. The first-order chi connectivity index (χ1) is 29.2. The summed E-state index contributed by atoms with van der Waals surface area (Å²) in [5, 5.41) is 11.1. The van der Waals surface area contributed by atoms with Crippen molar-refractivity contribution in [3.63, 3.8) is 0 Å². The Bertz CT molecular complexity index is 2720. The van der Waals surface area contributed by atoms with E-state index in [1.807, 2.05) is 128 Å². The van der Waals surface area contributed by atoms with Crippen molar-refractivity contribution in [2.24, 2.45) is 0 Å². The molecule has 11 nitrogen and oxygen atoms in total. The van der Waals surface area contributed by atoms with Crippen LogP contribution in [0.15, 0.2) is 162 Å². The zero-order valence-corrected chi connectivity index (χ0v) is 34.7. The number of nitrogens with one attached hydrogen (secondary N) is 3. The molecule has 1 aliphatic heterocycles. The minimum atomic E-state index is -0.0865. The Labute approximate surface area is 351 Å². The van der Waals surface area contributed by atoms with Gasteiger partial charge in [0, 0.05) is 65.9 Å². The molecule has 5 heterocycles. The van der Waals surface area contributed by atoms with Gasteiger partial charge in [0.05, 0.1) is 35.4 Å². The van der Waals surface area contributed by atoms with Gasteiger partial charge in [0.15, 0.2) is 22.2 Å². The average molecular weight is 801 g/mol. The number of hydrogen-bond acceptors (Lipinski definition) is 9. The first-order valence-corrected chi connectivity index (χ1v) is 20.0. The number of aryl methyl sites for hydroxylation is 2. The highest BCUT2D eigenvalue weighted by atomic mass is 16.5. The smallest absolute Gasteiger partial charge is 0.195 e. The van der Waals surface area contributed by atoms with Gasteiger partial charge in [-0.15, -0.1) is 0 Å². The quantitative estimate of drug-likeness (QED) is 0.0982. The third-order valence-electron chi connectivity index (χ3n) is 9.62. The topological polar surface area (TPSA) is 118 Å². The van der Waals surface area contributed by atoms with Gasteiger partial charge in [-0.3, -0.25) is 18.7 Å². The Kier molecular flexibility index (Phi) is 14.1. The van der Waals surface area contributed by atoms with E-state index in [1.165, 1.54) is 0 Å². The molecule has 0 bridgehead atoms. The van der Waals surface area contributed by atoms with E-state index in [2.05, 4.69) is 40.6 Å².